The van der Waals surface area contributed by atoms with E-state index in [0.29, 0.717) is 44.2 Å². The van der Waals surface area contributed by atoms with Gasteiger partial charge in [-0.25, -0.2) is 9.40 Å². The van der Waals surface area contributed by atoms with Crippen LogP contribution in [0.3, 0.4) is 0 Å². The van der Waals surface area contributed by atoms with Crippen molar-refractivity contribution in [1.82, 2.24) is 25.1 Å². The second-order valence-corrected chi connectivity index (χ2v) is 10.9. The summed E-state index contributed by atoms with van der Waals surface area (Å²) in [6.45, 7) is 6.24. The third kappa shape index (κ3) is 7.05. The molecule has 3 fully saturated rings. The van der Waals surface area contributed by atoms with Gasteiger partial charge < -0.3 is 19.4 Å². The highest BCUT2D eigenvalue weighted by molar-refractivity contribution is 5.95. The summed E-state index contributed by atoms with van der Waals surface area (Å²) in [4.78, 5) is 32.6. The Morgan fingerprint density at radius 3 is 2.36 bits per heavy atom. The Bertz CT molecular complexity index is 1090. The number of carbonyl (C=O) groups excluding carboxylic acids is 2. The van der Waals surface area contributed by atoms with Gasteiger partial charge in [0.1, 0.15) is 11.6 Å². The summed E-state index contributed by atoms with van der Waals surface area (Å²) in [6, 6.07) is 8.54. The number of hydrogen-bond donors (Lipinski definition) is 1. The lowest BCUT2D eigenvalue weighted by molar-refractivity contribution is -0.136. The molecule has 2 aliphatic heterocycles. The Morgan fingerprint density at radius 1 is 0.974 bits per heavy atom. The van der Waals surface area contributed by atoms with Crippen molar-refractivity contribution >= 4 is 11.8 Å². The number of amides is 2. The molecule has 3 heterocycles. The van der Waals surface area contributed by atoms with Crippen molar-refractivity contribution in [3.8, 4) is 0 Å². The van der Waals surface area contributed by atoms with E-state index in [0.717, 1.165) is 51.9 Å². The number of nitrogens with one attached hydrogen (secondary N) is 1. The van der Waals surface area contributed by atoms with Crippen molar-refractivity contribution < 1.29 is 23.1 Å². The van der Waals surface area contributed by atoms with Gasteiger partial charge in [-0.3, -0.25) is 19.5 Å². The van der Waals surface area contributed by atoms with Crippen molar-refractivity contribution in [3.63, 3.8) is 0 Å². The molecule has 9 nitrogen and oxygen atoms in total. The first-order valence-electron chi connectivity index (χ1n) is 14.2. The molecule has 1 unspecified atom stereocenters. The number of nitrogens with zero attached hydrogens (tertiary/aromatic N) is 4. The first-order chi connectivity index (χ1) is 19.0. The van der Waals surface area contributed by atoms with Crippen LogP contribution < -0.4 is 5.32 Å². The van der Waals surface area contributed by atoms with Gasteiger partial charge in [-0.2, -0.15) is 0 Å². The van der Waals surface area contributed by atoms with E-state index in [2.05, 4.69) is 15.1 Å². The zero-order valence-corrected chi connectivity index (χ0v) is 22.8. The molecule has 212 valence electrons. The van der Waals surface area contributed by atoms with Gasteiger partial charge >= 0.3 is 5.91 Å². The van der Waals surface area contributed by atoms with Crippen LogP contribution in [-0.2, 0) is 16.1 Å². The summed E-state index contributed by atoms with van der Waals surface area (Å²) >= 11 is 0. The van der Waals surface area contributed by atoms with Crippen LogP contribution in [0.15, 0.2) is 40.8 Å². The minimum absolute atomic E-state index is 0.0716. The second kappa shape index (κ2) is 13.0. The number of halogens is 1. The molecule has 1 aliphatic carbocycles. The predicted octanol–water partition coefficient (Wildman–Crippen LogP) is 3.05. The Hall–Kier alpha value is -2.79. The van der Waals surface area contributed by atoms with Crippen LogP contribution in [0.25, 0.3) is 0 Å². The molecule has 1 aromatic carbocycles. The van der Waals surface area contributed by atoms with E-state index in [4.69, 9.17) is 9.15 Å². The fourth-order valence-corrected chi connectivity index (χ4v) is 5.67. The maximum atomic E-state index is 14.2. The predicted molar refractivity (Wildman–Crippen MR) is 144 cm³/mol. The molecule has 3 aliphatic rings. The van der Waals surface area contributed by atoms with Crippen LogP contribution >= 0.6 is 0 Å². The number of rotatable bonds is 8. The zero-order chi connectivity index (χ0) is 27.2. The van der Waals surface area contributed by atoms with Crippen molar-refractivity contribution in [3.05, 3.63) is 59.3 Å². The second-order valence-electron chi connectivity index (χ2n) is 10.9. The lowest BCUT2D eigenvalue weighted by Crippen LogP contribution is -2.58. The molecule has 2 aromatic rings. The molecule has 0 spiro atoms. The Kier molecular flexibility index (Phi) is 9.28. The van der Waals surface area contributed by atoms with E-state index in [1.165, 1.54) is 18.6 Å². The highest BCUT2D eigenvalue weighted by Crippen LogP contribution is 2.29. The maximum Gasteiger partial charge on any atom is 0.304 e. The average Bonchev–Trinajstić information content (AvgIpc) is 3.42. The van der Waals surface area contributed by atoms with Crippen LogP contribution in [0.5, 0.6) is 0 Å². The van der Waals surface area contributed by atoms with E-state index >= 15 is 0 Å². The normalized spacial score (nSPS) is 21.0. The monoisotopic (exact) mass is 541 g/mol. The molecule has 2 saturated heterocycles. The molecular formula is C29H40FN5O4. The largest absolute Gasteiger partial charge is 0.454 e. The Balaban J connectivity index is 1.45. The van der Waals surface area contributed by atoms with Crippen LogP contribution in [0.1, 0.15) is 60.0 Å². The maximum absolute atomic E-state index is 14.2. The third-order valence-corrected chi connectivity index (χ3v) is 7.98. The van der Waals surface area contributed by atoms with E-state index in [-0.39, 0.29) is 29.4 Å². The van der Waals surface area contributed by atoms with E-state index in [1.807, 2.05) is 18.1 Å². The molecule has 1 aromatic heterocycles. The number of ether oxygens (including phenoxy) is 1. The van der Waals surface area contributed by atoms with Crippen molar-refractivity contribution in [2.24, 2.45) is 0 Å². The van der Waals surface area contributed by atoms with Gasteiger partial charge in [-0.15, -0.1) is 0 Å². The van der Waals surface area contributed by atoms with Crippen LogP contribution in [0.2, 0.25) is 0 Å². The Labute approximate surface area is 229 Å². The van der Waals surface area contributed by atoms with Gasteiger partial charge in [0.15, 0.2) is 11.8 Å². The molecule has 0 radical (unpaired) electrons. The quantitative estimate of drug-likeness (QED) is 0.550. The van der Waals surface area contributed by atoms with Gasteiger partial charge in [0.05, 0.1) is 19.8 Å². The van der Waals surface area contributed by atoms with Crippen LogP contribution in [0.4, 0.5) is 4.39 Å². The highest BCUT2D eigenvalue weighted by Gasteiger charge is 2.39. The van der Waals surface area contributed by atoms with Crippen molar-refractivity contribution in [2.75, 3.05) is 59.5 Å². The summed E-state index contributed by atoms with van der Waals surface area (Å²) in [5.74, 6) is -0.124. The van der Waals surface area contributed by atoms with Gasteiger partial charge in [-0.1, -0.05) is 31.4 Å². The molecule has 1 N–H and O–H groups in total. The van der Waals surface area contributed by atoms with Crippen LogP contribution in [-0.4, -0.2) is 97.2 Å². The summed E-state index contributed by atoms with van der Waals surface area (Å²) in [7, 11) is 2.04. The molecule has 0 bridgehead atoms. The van der Waals surface area contributed by atoms with E-state index in [9.17, 15) is 14.0 Å². The smallest absolute Gasteiger partial charge is 0.304 e. The minimum atomic E-state index is -0.948. The number of piperazine rings is 1. The van der Waals surface area contributed by atoms with Crippen LogP contribution in [0, 0.1) is 5.82 Å². The van der Waals surface area contributed by atoms with Crippen molar-refractivity contribution in [2.45, 2.75) is 50.7 Å². The molecule has 1 saturated carbocycles. The molecule has 10 heteroatoms. The highest BCUT2D eigenvalue weighted by atomic mass is 19.1. The lowest BCUT2D eigenvalue weighted by atomic mass is 9.94. The summed E-state index contributed by atoms with van der Waals surface area (Å²) < 4.78 is 25.4. The molecule has 5 rings (SSSR count). The molecule has 39 heavy (non-hydrogen) atoms. The minimum Gasteiger partial charge on any atom is -0.454 e. The summed E-state index contributed by atoms with van der Waals surface area (Å²) in [5.41, 5.74) is 0.567. The fourth-order valence-electron chi connectivity index (χ4n) is 5.67. The first kappa shape index (κ1) is 27.8. The topological polar surface area (TPSA) is 81.5 Å². The number of likely N-dealkylation sites (N-methyl/N-ethyl adjacent to an activating group) is 1. The number of hydrazine groups is 1. The summed E-state index contributed by atoms with van der Waals surface area (Å²) in [6.07, 6.45) is 5.17. The fraction of sp³-hybridized carbons (Fsp3) is 0.586. The van der Waals surface area contributed by atoms with Crippen molar-refractivity contribution in [1.29, 1.82) is 0 Å². The average molecular weight is 542 g/mol. The van der Waals surface area contributed by atoms with Gasteiger partial charge in [-0.05, 0) is 49.7 Å². The van der Waals surface area contributed by atoms with Gasteiger partial charge in [0.2, 0.25) is 5.91 Å². The molecular weight excluding hydrogens is 501 g/mol. The first-order valence-corrected chi connectivity index (χ1v) is 14.2. The molecule has 1 atom stereocenters. The Morgan fingerprint density at radius 2 is 1.67 bits per heavy atom. The number of carbonyl (C=O) groups is 2. The summed E-state index contributed by atoms with van der Waals surface area (Å²) in [5, 5.41) is 6.71. The molecule has 2 amide bonds. The lowest BCUT2D eigenvalue weighted by Gasteiger charge is -2.43. The SMILES string of the molecule is CN1CCN(N(C(=O)c2ccc(CN3CCOCC3)o2)C(C(=O)NC2CCCCC2)c2ccc(F)cc2)CC1. The van der Waals surface area contributed by atoms with Gasteiger partial charge in [0, 0.05) is 45.3 Å². The number of hydrogen-bond acceptors (Lipinski definition) is 7. The standard InChI is InChI=1S/C29H40FN5O4/c1-32-13-15-34(16-14-32)35(29(37)26-12-11-25(39-26)21-33-17-19-38-20-18-33)27(22-7-9-23(30)10-8-22)28(36)31-24-5-3-2-4-6-24/h7-12,24,27H,2-6,13-21H2,1H3,(H,31,36). The number of benzene rings is 1. The zero-order valence-electron chi connectivity index (χ0n) is 22.8. The third-order valence-electron chi connectivity index (χ3n) is 7.98. The van der Waals surface area contributed by atoms with E-state index in [1.54, 1.807) is 23.2 Å². The number of furan rings is 1. The number of morpholine rings is 1. The van der Waals surface area contributed by atoms with Gasteiger partial charge in [0.25, 0.3) is 0 Å². The van der Waals surface area contributed by atoms with E-state index < -0.39 is 6.04 Å².